The van der Waals surface area contributed by atoms with Crippen LogP contribution in [0.4, 0.5) is 5.82 Å². The summed E-state index contributed by atoms with van der Waals surface area (Å²) in [6, 6.07) is 13.8. The second-order valence-corrected chi connectivity index (χ2v) is 9.62. The summed E-state index contributed by atoms with van der Waals surface area (Å²) < 4.78 is 1.98. The summed E-state index contributed by atoms with van der Waals surface area (Å²) in [6.45, 7) is 4.35. The van der Waals surface area contributed by atoms with Crippen molar-refractivity contribution in [2.24, 2.45) is 0 Å². The van der Waals surface area contributed by atoms with Crippen LogP contribution in [-0.2, 0) is 6.54 Å². The van der Waals surface area contributed by atoms with E-state index in [0.717, 1.165) is 40.8 Å². The van der Waals surface area contributed by atoms with Gasteiger partial charge in [0.2, 0.25) is 0 Å². The van der Waals surface area contributed by atoms with Gasteiger partial charge < -0.3 is 15.6 Å². The fourth-order valence-corrected chi connectivity index (χ4v) is 5.19. The Balaban J connectivity index is 1.42. The van der Waals surface area contributed by atoms with Gasteiger partial charge in [0.15, 0.2) is 5.82 Å². The minimum absolute atomic E-state index is 0.0816. The Morgan fingerprint density at radius 2 is 1.86 bits per heavy atom. The van der Waals surface area contributed by atoms with Crippen molar-refractivity contribution in [1.29, 1.82) is 0 Å². The molecule has 1 aliphatic carbocycles. The molecule has 0 radical (unpaired) electrons. The summed E-state index contributed by atoms with van der Waals surface area (Å²) >= 11 is 0. The zero-order valence-corrected chi connectivity index (χ0v) is 20.2. The van der Waals surface area contributed by atoms with E-state index in [1.165, 1.54) is 19.3 Å². The topological polar surface area (TPSA) is 106 Å². The molecule has 35 heavy (non-hydrogen) atoms. The first-order valence-electron chi connectivity index (χ1n) is 12.3. The first-order valence-corrected chi connectivity index (χ1v) is 12.3. The summed E-state index contributed by atoms with van der Waals surface area (Å²) in [7, 11) is 0. The minimum Gasteiger partial charge on any atom is -0.381 e. The van der Waals surface area contributed by atoms with Crippen LogP contribution in [0.1, 0.15) is 70.6 Å². The third kappa shape index (κ3) is 4.46. The number of fused-ring (bicyclic) bond motifs is 1. The van der Waals surface area contributed by atoms with E-state index < -0.39 is 0 Å². The number of H-pyrrole nitrogens is 1. The highest BCUT2D eigenvalue weighted by Gasteiger charge is 2.24. The van der Waals surface area contributed by atoms with Crippen molar-refractivity contribution in [1.82, 2.24) is 20.1 Å². The van der Waals surface area contributed by atoms with E-state index in [9.17, 15) is 9.59 Å². The molecule has 2 aromatic heterocycles. The van der Waals surface area contributed by atoms with Crippen molar-refractivity contribution in [2.75, 3.05) is 5.73 Å². The lowest BCUT2D eigenvalue weighted by Crippen LogP contribution is -2.23. The van der Waals surface area contributed by atoms with Crippen LogP contribution in [-0.4, -0.2) is 20.7 Å². The molecule has 1 saturated carbocycles. The number of nitrogen functional groups attached to an aromatic ring is 1. The molecule has 0 spiro atoms. The van der Waals surface area contributed by atoms with Crippen LogP contribution in [0.5, 0.6) is 0 Å². The van der Waals surface area contributed by atoms with Crippen LogP contribution in [0, 0.1) is 13.8 Å². The predicted molar refractivity (Wildman–Crippen MR) is 139 cm³/mol. The van der Waals surface area contributed by atoms with Crippen molar-refractivity contribution in [2.45, 2.75) is 58.4 Å². The van der Waals surface area contributed by atoms with Gasteiger partial charge in [-0.3, -0.25) is 9.59 Å². The maximum absolute atomic E-state index is 12.8. The first-order chi connectivity index (χ1) is 16.9. The zero-order valence-electron chi connectivity index (χ0n) is 20.2. The molecule has 2 heterocycles. The highest BCUT2D eigenvalue weighted by atomic mass is 16.1. The van der Waals surface area contributed by atoms with Crippen LogP contribution < -0.4 is 16.6 Å². The number of hydrogen-bond acceptors (Lipinski definition) is 4. The van der Waals surface area contributed by atoms with E-state index in [4.69, 9.17) is 5.73 Å². The lowest BCUT2D eigenvalue weighted by molar-refractivity contribution is 0.0950. The molecule has 180 valence electrons. The maximum atomic E-state index is 12.8. The van der Waals surface area contributed by atoms with Crippen molar-refractivity contribution in [3.05, 3.63) is 86.8 Å². The van der Waals surface area contributed by atoms with E-state index in [1.807, 2.05) is 60.9 Å². The van der Waals surface area contributed by atoms with Gasteiger partial charge in [0, 0.05) is 24.0 Å². The number of hydrogen-bond donors (Lipinski definition) is 3. The van der Waals surface area contributed by atoms with E-state index in [1.54, 1.807) is 0 Å². The number of rotatable bonds is 5. The molecule has 0 bridgehead atoms. The van der Waals surface area contributed by atoms with Gasteiger partial charge in [-0.05, 0) is 67.5 Å². The van der Waals surface area contributed by atoms with E-state index in [2.05, 4.69) is 21.7 Å². The highest BCUT2D eigenvalue weighted by Crippen LogP contribution is 2.38. The van der Waals surface area contributed by atoms with Crippen molar-refractivity contribution in [3.63, 3.8) is 0 Å². The molecule has 4 aromatic rings. The minimum atomic E-state index is -0.195. The molecule has 0 aliphatic heterocycles. The summed E-state index contributed by atoms with van der Waals surface area (Å²) in [5.41, 5.74) is 12.4. The number of anilines is 1. The molecule has 1 fully saturated rings. The SMILES string of the molecule is Cc1ccc(C)c(C(=O)NCc2ccc(-n3cc(C4CCCCC4)c4c(=O)[nH]nc(N)c43)cc2)c1. The Hall–Kier alpha value is -3.87. The van der Waals surface area contributed by atoms with Crippen LogP contribution in [0.3, 0.4) is 0 Å². The Labute approximate surface area is 204 Å². The third-order valence-corrected chi connectivity index (χ3v) is 7.13. The van der Waals surface area contributed by atoms with Gasteiger partial charge in [-0.2, -0.15) is 5.10 Å². The number of aromatic amines is 1. The average Bonchev–Trinajstić information content (AvgIpc) is 3.29. The smallest absolute Gasteiger partial charge is 0.274 e. The van der Waals surface area contributed by atoms with Gasteiger partial charge in [-0.15, -0.1) is 0 Å². The van der Waals surface area contributed by atoms with E-state index >= 15 is 0 Å². The van der Waals surface area contributed by atoms with E-state index in [-0.39, 0.29) is 11.5 Å². The average molecular weight is 470 g/mol. The van der Waals surface area contributed by atoms with Gasteiger partial charge in [0.1, 0.15) is 5.52 Å². The number of aryl methyl sites for hydroxylation is 2. The second kappa shape index (κ2) is 9.41. The number of aromatic nitrogens is 3. The molecule has 5 rings (SSSR count). The Kier molecular flexibility index (Phi) is 6.16. The molecule has 7 heteroatoms. The van der Waals surface area contributed by atoms with Gasteiger partial charge in [-0.25, -0.2) is 5.10 Å². The number of amides is 1. The van der Waals surface area contributed by atoms with Crippen molar-refractivity contribution in [3.8, 4) is 5.69 Å². The lowest BCUT2D eigenvalue weighted by Gasteiger charge is -2.20. The molecular weight excluding hydrogens is 438 g/mol. The highest BCUT2D eigenvalue weighted by molar-refractivity contribution is 5.95. The summed E-state index contributed by atoms with van der Waals surface area (Å²) in [5.74, 6) is 0.586. The number of nitrogens with two attached hydrogens (primary N) is 1. The number of carbonyl (C=O) groups excluding carboxylic acids is 1. The Bertz CT molecular complexity index is 1440. The molecule has 4 N–H and O–H groups in total. The van der Waals surface area contributed by atoms with Gasteiger partial charge in [0.05, 0.1) is 5.39 Å². The normalized spacial score (nSPS) is 14.3. The van der Waals surface area contributed by atoms with Gasteiger partial charge in [-0.1, -0.05) is 49.1 Å². The number of carbonyl (C=O) groups is 1. The standard InChI is InChI=1S/C28H31N5O2/c1-17-8-9-18(2)22(14-17)27(34)30-15-19-10-12-21(13-11-19)33-16-23(20-6-4-3-5-7-20)24-25(33)26(29)31-32-28(24)35/h8-14,16,20H,3-7,15H2,1-2H3,(H2,29,31)(H,30,34)(H,32,35). The van der Waals surface area contributed by atoms with Crippen molar-refractivity contribution >= 4 is 22.6 Å². The quantitative estimate of drug-likeness (QED) is 0.387. The largest absolute Gasteiger partial charge is 0.381 e. The van der Waals surface area contributed by atoms with E-state index in [0.29, 0.717) is 34.7 Å². The molecule has 1 aliphatic rings. The Morgan fingerprint density at radius 3 is 2.60 bits per heavy atom. The van der Waals surface area contributed by atoms with Crippen molar-refractivity contribution < 1.29 is 4.79 Å². The fraction of sp³-hybridized carbons (Fsp3) is 0.321. The van der Waals surface area contributed by atoms with Crippen LogP contribution in [0.25, 0.3) is 16.6 Å². The van der Waals surface area contributed by atoms with Crippen LogP contribution >= 0.6 is 0 Å². The predicted octanol–water partition coefficient (Wildman–Crippen LogP) is 4.89. The number of nitrogens with one attached hydrogen (secondary N) is 2. The second-order valence-electron chi connectivity index (χ2n) is 9.62. The molecule has 7 nitrogen and oxygen atoms in total. The fourth-order valence-electron chi connectivity index (χ4n) is 5.19. The molecule has 1 amide bonds. The molecule has 2 aromatic carbocycles. The maximum Gasteiger partial charge on any atom is 0.274 e. The summed E-state index contributed by atoms with van der Waals surface area (Å²) in [5, 5.41) is 10.3. The first kappa shape index (κ1) is 22.9. The van der Waals surface area contributed by atoms with Crippen LogP contribution in [0.2, 0.25) is 0 Å². The molecule has 0 saturated heterocycles. The van der Waals surface area contributed by atoms with Gasteiger partial charge >= 0.3 is 0 Å². The van der Waals surface area contributed by atoms with Gasteiger partial charge in [0.25, 0.3) is 11.5 Å². The number of nitrogens with zero attached hydrogens (tertiary/aromatic N) is 2. The Morgan fingerprint density at radius 1 is 1.11 bits per heavy atom. The summed E-state index contributed by atoms with van der Waals surface area (Å²) in [4.78, 5) is 25.5. The zero-order chi connectivity index (χ0) is 24.5. The monoisotopic (exact) mass is 469 g/mol. The lowest BCUT2D eigenvalue weighted by atomic mass is 9.84. The molecular formula is C28H31N5O2. The van der Waals surface area contributed by atoms with Crippen LogP contribution in [0.15, 0.2) is 53.5 Å². The molecule has 0 unspecified atom stereocenters. The molecule has 0 atom stereocenters. The summed E-state index contributed by atoms with van der Waals surface area (Å²) in [6.07, 6.45) is 7.83. The third-order valence-electron chi connectivity index (χ3n) is 7.13. The number of benzene rings is 2.